The first-order valence-electron chi connectivity index (χ1n) is 11.0. The van der Waals surface area contributed by atoms with Crippen LogP contribution in [0.4, 0.5) is 5.69 Å². The highest BCUT2D eigenvalue weighted by Gasteiger charge is 2.19. The smallest absolute Gasteiger partial charge is 0.344 e. The van der Waals surface area contributed by atoms with E-state index in [9.17, 15) is 14.9 Å². The third-order valence-electron chi connectivity index (χ3n) is 5.44. The Morgan fingerprint density at radius 2 is 1.72 bits per heavy atom. The van der Waals surface area contributed by atoms with Crippen LogP contribution in [0.2, 0.25) is 0 Å². The minimum atomic E-state index is -0.539. The summed E-state index contributed by atoms with van der Waals surface area (Å²) in [6, 6.07) is 25.4. The summed E-state index contributed by atoms with van der Waals surface area (Å²) < 4.78 is 11.6. The molecule has 36 heavy (non-hydrogen) atoms. The number of methoxy groups -OCH3 is 1. The van der Waals surface area contributed by atoms with Crippen molar-refractivity contribution in [1.29, 1.82) is 5.26 Å². The van der Waals surface area contributed by atoms with Crippen LogP contribution in [-0.4, -0.2) is 19.0 Å². The number of nitrogens with one attached hydrogen (secondary N) is 1. The second kappa shape index (κ2) is 10.9. The lowest BCUT2D eigenvalue weighted by atomic mass is 10.0. The highest BCUT2D eigenvalue weighted by atomic mass is 79.9. The molecule has 0 aliphatic carbocycles. The van der Waals surface area contributed by atoms with E-state index >= 15 is 0 Å². The van der Waals surface area contributed by atoms with Gasteiger partial charge in [-0.2, -0.15) is 5.26 Å². The van der Waals surface area contributed by atoms with Crippen LogP contribution in [0.15, 0.2) is 88.9 Å². The van der Waals surface area contributed by atoms with Crippen molar-refractivity contribution in [1.82, 2.24) is 0 Å². The third-order valence-corrected chi connectivity index (χ3v) is 6.03. The number of ether oxygens (including phenoxy) is 2. The number of amides is 1. The molecule has 0 aromatic heterocycles. The molecule has 0 unspecified atom stereocenters. The van der Waals surface area contributed by atoms with Crippen molar-refractivity contribution in [3.8, 4) is 17.6 Å². The Bertz CT molecular complexity index is 1530. The van der Waals surface area contributed by atoms with E-state index in [1.54, 1.807) is 36.4 Å². The molecule has 0 fully saturated rings. The molecular weight excluding hydrogens is 520 g/mol. The summed E-state index contributed by atoms with van der Waals surface area (Å²) in [5, 5.41) is 14.0. The zero-order chi connectivity index (χ0) is 25.7. The van der Waals surface area contributed by atoms with Gasteiger partial charge in [-0.25, -0.2) is 4.79 Å². The van der Waals surface area contributed by atoms with Crippen molar-refractivity contribution < 1.29 is 19.1 Å². The molecule has 0 aliphatic heterocycles. The van der Waals surface area contributed by atoms with Gasteiger partial charge < -0.3 is 14.8 Å². The predicted molar refractivity (Wildman–Crippen MR) is 143 cm³/mol. The number of benzene rings is 4. The van der Waals surface area contributed by atoms with Crippen molar-refractivity contribution in [3.05, 3.63) is 106 Å². The lowest BCUT2D eigenvalue weighted by Crippen LogP contribution is -2.13. The third kappa shape index (κ3) is 5.45. The molecule has 4 aromatic rings. The molecule has 7 heteroatoms. The number of hydrogen-bond acceptors (Lipinski definition) is 5. The Labute approximate surface area is 216 Å². The van der Waals surface area contributed by atoms with Crippen LogP contribution in [0, 0.1) is 18.3 Å². The highest BCUT2D eigenvalue weighted by Crippen LogP contribution is 2.38. The maximum Gasteiger partial charge on any atom is 0.344 e. The maximum absolute atomic E-state index is 13.0. The van der Waals surface area contributed by atoms with E-state index in [-0.39, 0.29) is 17.1 Å². The molecule has 0 saturated carbocycles. The number of rotatable bonds is 6. The van der Waals surface area contributed by atoms with Crippen LogP contribution in [0.1, 0.15) is 21.5 Å². The first-order valence-corrected chi connectivity index (χ1v) is 11.8. The first-order chi connectivity index (χ1) is 17.4. The summed E-state index contributed by atoms with van der Waals surface area (Å²) in [7, 11) is 1.44. The fourth-order valence-electron chi connectivity index (χ4n) is 3.62. The van der Waals surface area contributed by atoms with E-state index in [2.05, 4.69) is 21.2 Å². The molecule has 0 heterocycles. The number of esters is 1. The van der Waals surface area contributed by atoms with Crippen LogP contribution in [0.5, 0.6) is 11.5 Å². The Hall–Kier alpha value is -4.41. The van der Waals surface area contributed by atoms with Crippen LogP contribution >= 0.6 is 15.9 Å². The summed E-state index contributed by atoms with van der Waals surface area (Å²) in [6.07, 6.45) is 1.44. The summed E-state index contributed by atoms with van der Waals surface area (Å²) in [5.74, 6) is -0.622. The standard InChI is InChI=1S/C29H21BrN2O4/c1-18-10-12-22(13-11-18)32-28(33)21(17-31)14-19-15-25(30)27(26(16-19)35-2)36-29(34)24-9-5-7-20-6-3-4-8-23(20)24/h3-16H,1-2H3,(H,32,33)/b21-14+. The van der Waals surface area contributed by atoms with Crippen molar-refractivity contribution in [2.75, 3.05) is 12.4 Å². The van der Waals surface area contributed by atoms with Crippen LogP contribution in [0.25, 0.3) is 16.8 Å². The normalized spacial score (nSPS) is 11.0. The molecule has 0 spiro atoms. The average molecular weight is 541 g/mol. The van der Waals surface area contributed by atoms with Crippen molar-refractivity contribution in [2.24, 2.45) is 0 Å². The van der Waals surface area contributed by atoms with Gasteiger partial charge in [-0.05, 0) is 75.6 Å². The van der Waals surface area contributed by atoms with Gasteiger partial charge in [0, 0.05) is 5.69 Å². The largest absolute Gasteiger partial charge is 0.493 e. The van der Waals surface area contributed by atoms with Crippen LogP contribution in [0.3, 0.4) is 0 Å². The predicted octanol–water partition coefficient (Wildman–Crippen LogP) is 6.68. The fraction of sp³-hybridized carbons (Fsp3) is 0.0690. The fourth-order valence-corrected chi connectivity index (χ4v) is 4.16. The van der Waals surface area contributed by atoms with E-state index in [1.807, 2.05) is 55.5 Å². The lowest BCUT2D eigenvalue weighted by molar-refractivity contribution is -0.112. The van der Waals surface area contributed by atoms with E-state index in [4.69, 9.17) is 9.47 Å². The number of fused-ring (bicyclic) bond motifs is 1. The molecule has 1 N–H and O–H groups in total. The van der Waals surface area contributed by atoms with Gasteiger partial charge >= 0.3 is 5.97 Å². The number of halogens is 1. The second-order valence-corrected chi connectivity index (χ2v) is 8.79. The van der Waals surface area contributed by atoms with Gasteiger partial charge in [0.25, 0.3) is 5.91 Å². The van der Waals surface area contributed by atoms with E-state index in [1.165, 1.54) is 13.2 Å². The molecular formula is C29H21BrN2O4. The molecule has 0 aliphatic rings. The number of anilines is 1. The Kier molecular flexibility index (Phi) is 7.47. The number of aryl methyl sites for hydroxylation is 1. The molecule has 178 valence electrons. The zero-order valence-corrected chi connectivity index (χ0v) is 21.1. The van der Waals surface area contributed by atoms with Crippen molar-refractivity contribution >= 4 is 50.3 Å². The molecule has 1 amide bonds. The molecule has 0 radical (unpaired) electrons. The monoisotopic (exact) mass is 540 g/mol. The van der Waals surface area contributed by atoms with Gasteiger partial charge in [0.05, 0.1) is 17.1 Å². The zero-order valence-electron chi connectivity index (χ0n) is 19.5. The minimum absolute atomic E-state index is 0.0926. The van der Waals surface area contributed by atoms with Crippen molar-refractivity contribution in [2.45, 2.75) is 6.92 Å². The average Bonchev–Trinajstić information content (AvgIpc) is 2.89. The van der Waals surface area contributed by atoms with Crippen LogP contribution < -0.4 is 14.8 Å². The molecule has 4 aromatic carbocycles. The number of nitriles is 1. The molecule has 0 bridgehead atoms. The Morgan fingerprint density at radius 3 is 2.44 bits per heavy atom. The van der Waals surface area contributed by atoms with Gasteiger partial charge in [0.15, 0.2) is 11.5 Å². The van der Waals surface area contributed by atoms with Crippen molar-refractivity contribution in [3.63, 3.8) is 0 Å². The first kappa shape index (κ1) is 24.7. The van der Waals surface area contributed by atoms with Gasteiger partial charge in [-0.3, -0.25) is 4.79 Å². The van der Waals surface area contributed by atoms with E-state index < -0.39 is 11.9 Å². The van der Waals surface area contributed by atoms with Crippen LogP contribution in [-0.2, 0) is 4.79 Å². The summed E-state index contributed by atoms with van der Waals surface area (Å²) in [6.45, 7) is 1.94. The topological polar surface area (TPSA) is 88.4 Å². The van der Waals surface area contributed by atoms with E-state index in [0.717, 1.165) is 16.3 Å². The highest BCUT2D eigenvalue weighted by molar-refractivity contribution is 9.10. The summed E-state index contributed by atoms with van der Waals surface area (Å²) in [5.41, 5.74) is 2.48. The quantitative estimate of drug-likeness (QED) is 0.127. The van der Waals surface area contributed by atoms with Gasteiger partial charge in [-0.1, -0.05) is 54.1 Å². The summed E-state index contributed by atoms with van der Waals surface area (Å²) >= 11 is 3.43. The molecule has 0 saturated heterocycles. The summed E-state index contributed by atoms with van der Waals surface area (Å²) in [4.78, 5) is 25.7. The van der Waals surface area contributed by atoms with Gasteiger partial charge in [0.2, 0.25) is 0 Å². The Morgan fingerprint density at radius 1 is 1.00 bits per heavy atom. The second-order valence-electron chi connectivity index (χ2n) is 7.94. The molecule has 6 nitrogen and oxygen atoms in total. The minimum Gasteiger partial charge on any atom is -0.493 e. The lowest BCUT2D eigenvalue weighted by Gasteiger charge is -2.13. The number of hydrogen-bond donors (Lipinski definition) is 1. The maximum atomic E-state index is 13.0. The SMILES string of the molecule is COc1cc(/C=C(\C#N)C(=O)Nc2ccc(C)cc2)cc(Br)c1OC(=O)c1cccc2ccccc12. The molecule has 0 atom stereocenters. The number of carbonyl (C=O) groups excluding carboxylic acids is 2. The number of carbonyl (C=O) groups is 2. The van der Waals surface area contributed by atoms with E-state index in [0.29, 0.717) is 21.3 Å². The van der Waals surface area contributed by atoms with Gasteiger partial charge in [0.1, 0.15) is 11.6 Å². The van der Waals surface area contributed by atoms with Gasteiger partial charge in [-0.15, -0.1) is 0 Å². The molecule has 4 rings (SSSR count). The number of nitrogens with zero attached hydrogens (tertiary/aromatic N) is 1. The Balaban J connectivity index is 1.61.